The van der Waals surface area contributed by atoms with E-state index in [2.05, 4.69) is 9.88 Å². The van der Waals surface area contributed by atoms with E-state index in [0.29, 0.717) is 6.04 Å². The second-order valence-electron chi connectivity index (χ2n) is 4.98. The van der Waals surface area contributed by atoms with Gasteiger partial charge in [-0.05, 0) is 50.3 Å². The molecule has 2 rings (SSSR count). The van der Waals surface area contributed by atoms with Gasteiger partial charge in [0.2, 0.25) is 0 Å². The molecule has 1 fully saturated rings. The minimum Gasteiger partial charge on any atom is -0.396 e. The molecule has 1 aromatic heterocycles. The molecule has 2 heterocycles. The minimum atomic E-state index is -0.453. The topological polar surface area (TPSA) is 56.6 Å². The summed E-state index contributed by atoms with van der Waals surface area (Å²) in [7, 11) is 0. The van der Waals surface area contributed by atoms with E-state index in [9.17, 15) is 5.11 Å². The molecule has 1 saturated heterocycles. The lowest BCUT2D eigenvalue weighted by Gasteiger charge is -2.26. The first-order valence-corrected chi connectivity index (χ1v) is 6.74. The maximum Gasteiger partial charge on any atom is 0.129 e. The van der Waals surface area contributed by atoms with Crippen LogP contribution in [0.5, 0.6) is 0 Å². The Hall–Kier alpha value is -1.13. The first kappa shape index (κ1) is 13.3. The molecule has 0 radical (unpaired) electrons. The third kappa shape index (κ3) is 3.00. The summed E-state index contributed by atoms with van der Waals surface area (Å²) in [4.78, 5) is 6.72. The zero-order valence-corrected chi connectivity index (χ0v) is 10.9. The third-order valence-electron chi connectivity index (χ3n) is 3.62. The molecule has 4 nitrogen and oxygen atoms in total. The smallest absolute Gasteiger partial charge is 0.129 e. The van der Waals surface area contributed by atoms with Gasteiger partial charge < -0.3 is 15.1 Å². The standard InChI is InChI=1S/C14H22N2O2/c1-11(18)12-6-7-15-14(10-12)16-8-2-4-13(16)5-3-9-17/h6-7,10-11,13,17-18H,2-5,8-9H2,1H3/t11-,13?/m1/s1. The Morgan fingerprint density at radius 1 is 1.56 bits per heavy atom. The molecule has 2 atom stereocenters. The summed E-state index contributed by atoms with van der Waals surface area (Å²) in [6.45, 7) is 3.05. The molecule has 0 aliphatic carbocycles. The monoisotopic (exact) mass is 250 g/mol. The second kappa shape index (κ2) is 6.16. The highest BCUT2D eigenvalue weighted by Crippen LogP contribution is 2.28. The molecule has 4 heteroatoms. The van der Waals surface area contributed by atoms with Gasteiger partial charge in [0.25, 0.3) is 0 Å². The number of nitrogens with zero attached hydrogens (tertiary/aromatic N) is 2. The van der Waals surface area contributed by atoms with Crippen LogP contribution in [-0.4, -0.2) is 34.4 Å². The fraction of sp³-hybridized carbons (Fsp3) is 0.643. The molecule has 100 valence electrons. The van der Waals surface area contributed by atoms with E-state index in [4.69, 9.17) is 5.11 Å². The van der Waals surface area contributed by atoms with Crippen molar-refractivity contribution in [1.29, 1.82) is 0 Å². The Kier molecular flexibility index (Phi) is 4.55. The van der Waals surface area contributed by atoms with Gasteiger partial charge in [-0.2, -0.15) is 0 Å². The van der Waals surface area contributed by atoms with Crippen LogP contribution in [0.3, 0.4) is 0 Å². The number of anilines is 1. The van der Waals surface area contributed by atoms with Gasteiger partial charge in [-0.1, -0.05) is 0 Å². The van der Waals surface area contributed by atoms with Crippen molar-refractivity contribution in [1.82, 2.24) is 4.98 Å². The molecule has 0 spiro atoms. The van der Waals surface area contributed by atoms with Crippen molar-refractivity contribution in [3.8, 4) is 0 Å². The number of hydrogen-bond donors (Lipinski definition) is 2. The largest absolute Gasteiger partial charge is 0.396 e. The predicted octanol–water partition coefficient (Wildman–Crippen LogP) is 1.88. The summed E-state index contributed by atoms with van der Waals surface area (Å²) in [5.41, 5.74) is 0.910. The highest BCUT2D eigenvalue weighted by atomic mass is 16.3. The summed E-state index contributed by atoms with van der Waals surface area (Å²) in [6.07, 6.45) is 5.51. The van der Waals surface area contributed by atoms with Crippen molar-refractivity contribution >= 4 is 5.82 Å². The van der Waals surface area contributed by atoms with E-state index >= 15 is 0 Å². The first-order valence-electron chi connectivity index (χ1n) is 6.74. The Morgan fingerprint density at radius 2 is 2.39 bits per heavy atom. The lowest BCUT2D eigenvalue weighted by atomic mass is 10.1. The quantitative estimate of drug-likeness (QED) is 0.837. The molecule has 0 aromatic carbocycles. The summed E-state index contributed by atoms with van der Waals surface area (Å²) in [5, 5.41) is 18.6. The molecule has 1 aliphatic heterocycles. The van der Waals surface area contributed by atoms with Gasteiger partial charge in [-0.3, -0.25) is 0 Å². The van der Waals surface area contributed by atoms with Crippen LogP contribution in [0, 0.1) is 0 Å². The van der Waals surface area contributed by atoms with Crippen molar-refractivity contribution < 1.29 is 10.2 Å². The first-order chi connectivity index (χ1) is 8.72. The van der Waals surface area contributed by atoms with E-state index in [1.54, 1.807) is 13.1 Å². The van der Waals surface area contributed by atoms with Gasteiger partial charge in [-0.15, -0.1) is 0 Å². The Bertz CT molecular complexity index is 382. The Labute approximate surface area is 108 Å². The summed E-state index contributed by atoms with van der Waals surface area (Å²) >= 11 is 0. The van der Waals surface area contributed by atoms with Crippen LogP contribution < -0.4 is 4.90 Å². The molecule has 1 aromatic rings. The Morgan fingerprint density at radius 3 is 3.11 bits per heavy atom. The zero-order valence-electron chi connectivity index (χ0n) is 10.9. The van der Waals surface area contributed by atoms with E-state index in [0.717, 1.165) is 30.8 Å². The number of aliphatic hydroxyl groups is 2. The zero-order chi connectivity index (χ0) is 13.0. The van der Waals surface area contributed by atoms with Gasteiger partial charge in [0.05, 0.1) is 6.10 Å². The summed E-state index contributed by atoms with van der Waals surface area (Å²) in [5.74, 6) is 0.953. The van der Waals surface area contributed by atoms with Gasteiger partial charge in [0.15, 0.2) is 0 Å². The predicted molar refractivity (Wildman–Crippen MR) is 71.6 cm³/mol. The van der Waals surface area contributed by atoms with Crippen LogP contribution in [0.4, 0.5) is 5.82 Å². The number of aliphatic hydroxyl groups excluding tert-OH is 2. The average molecular weight is 250 g/mol. The van der Waals surface area contributed by atoms with E-state index < -0.39 is 6.10 Å². The molecule has 1 aliphatic rings. The van der Waals surface area contributed by atoms with Gasteiger partial charge in [-0.25, -0.2) is 4.98 Å². The van der Waals surface area contributed by atoms with E-state index in [1.165, 1.54) is 12.8 Å². The molecule has 1 unspecified atom stereocenters. The molecule has 0 saturated carbocycles. The van der Waals surface area contributed by atoms with Crippen molar-refractivity contribution in [2.24, 2.45) is 0 Å². The molecule has 0 amide bonds. The van der Waals surface area contributed by atoms with Gasteiger partial charge >= 0.3 is 0 Å². The third-order valence-corrected chi connectivity index (χ3v) is 3.62. The molecule has 18 heavy (non-hydrogen) atoms. The highest BCUT2D eigenvalue weighted by Gasteiger charge is 2.25. The number of aromatic nitrogens is 1. The average Bonchev–Trinajstić information content (AvgIpc) is 2.84. The van der Waals surface area contributed by atoms with Crippen molar-refractivity contribution in [3.63, 3.8) is 0 Å². The van der Waals surface area contributed by atoms with Crippen LogP contribution in [0.1, 0.15) is 44.3 Å². The molecule has 2 N–H and O–H groups in total. The number of hydrogen-bond acceptors (Lipinski definition) is 4. The van der Waals surface area contributed by atoms with Crippen LogP contribution in [0.15, 0.2) is 18.3 Å². The lowest BCUT2D eigenvalue weighted by Crippen LogP contribution is -2.30. The fourth-order valence-electron chi connectivity index (χ4n) is 2.62. The maximum absolute atomic E-state index is 9.62. The van der Waals surface area contributed by atoms with Crippen molar-refractivity contribution in [3.05, 3.63) is 23.9 Å². The molecule has 0 bridgehead atoms. The minimum absolute atomic E-state index is 0.255. The fourth-order valence-corrected chi connectivity index (χ4v) is 2.62. The van der Waals surface area contributed by atoms with Crippen LogP contribution in [0.25, 0.3) is 0 Å². The summed E-state index contributed by atoms with van der Waals surface area (Å²) < 4.78 is 0. The Balaban J connectivity index is 2.11. The van der Waals surface area contributed by atoms with Crippen LogP contribution in [-0.2, 0) is 0 Å². The molecular weight excluding hydrogens is 228 g/mol. The maximum atomic E-state index is 9.62. The number of pyridine rings is 1. The second-order valence-corrected chi connectivity index (χ2v) is 4.98. The SMILES string of the molecule is C[C@@H](O)c1ccnc(N2CCCC2CCCO)c1. The van der Waals surface area contributed by atoms with Gasteiger partial charge in [0.1, 0.15) is 5.82 Å². The number of rotatable bonds is 5. The van der Waals surface area contributed by atoms with Crippen molar-refractivity contribution in [2.45, 2.75) is 44.8 Å². The normalized spacial score (nSPS) is 21.3. The lowest BCUT2D eigenvalue weighted by molar-refractivity contribution is 0.199. The van der Waals surface area contributed by atoms with Crippen molar-refractivity contribution in [2.75, 3.05) is 18.1 Å². The van der Waals surface area contributed by atoms with Crippen LogP contribution in [0.2, 0.25) is 0 Å². The van der Waals surface area contributed by atoms with Gasteiger partial charge in [0, 0.05) is 25.4 Å². The highest BCUT2D eigenvalue weighted by molar-refractivity contribution is 5.43. The van der Waals surface area contributed by atoms with Crippen LogP contribution >= 0.6 is 0 Å². The summed E-state index contributed by atoms with van der Waals surface area (Å²) in [6, 6.07) is 4.31. The van der Waals surface area contributed by atoms with E-state index in [1.807, 2.05) is 12.1 Å². The molecular formula is C14H22N2O2. The van der Waals surface area contributed by atoms with E-state index in [-0.39, 0.29) is 6.61 Å².